The Labute approximate surface area is 58.8 Å². The number of hydrogen-bond donors (Lipinski definition) is 0. The molecule has 49 valence electrons. The first-order chi connectivity index (χ1) is 3.27. The van der Waals surface area contributed by atoms with Gasteiger partial charge in [0.2, 0.25) is 0 Å². The molecule has 0 aliphatic carbocycles. The summed E-state index contributed by atoms with van der Waals surface area (Å²) >= 11 is 0. The Balaban J connectivity index is 0. The summed E-state index contributed by atoms with van der Waals surface area (Å²) in [6, 6.07) is 0. The van der Waals surface area contributed by atoms with Crippen LogP contribution in [0.2, 0.25) is 0 Å². The molecule has 0 aliphatic rings. The van der Waals surface area contributed by atoms with Crippen LogP contribution in [0, 0.1) is 0 Å². The van der Waals surface area contributed by atoms with E-state index in [-0.39, 0.29) is 22.6 Å². The van der Waals surface area contributed by atoms with Crippen LogP contribution < -0.4 is 0 Å². The van der Waals surface area contributed by atoms with Gasteiger partial charge in [0.1, 0.15) is 12.1 Å². The molecule has 0 bridgehead atoms. The minimum Gasteiger partial charge on any atom is -0.303 e. The molecule has 0 N–H and O–H groups in total. The van der Waals surface area contributed by atoms with Crippen LogP contribution >= 0.6 is 0 Å². The van der Waals surface area contributed by atoms with Crippen LogP contribution in [0.4, 0.5) is 0 Å². The van der Waals surface area contributed by atoms with Crippen LogP contribution in [0.5, 0.6) is 0 Å². The van der Waals surface area contributed by atoms with Gasteiger partial charge in [-0.2, -0.15) is 0 Å². The molecule has 0 fully saturated rings. The predicted molar refractivity (Wildman–Crippen MR) is 26.0 cm³/mol. The average molecular weight is 159 g/mol. The van der Waals surface area contributed by atoms with E-state index in [1.54, 1.807) is 0 Å². The minimum absolute atomic E-state index is 0. The molecule has 1 radical (unpaired) electrons. The van der Waals surface area contributed by atoms with Crippen molar-refractivity contribution in [1.29, 1.82) is 0 Å². The van der Waals surface area contributed by atoms with E-state index < -0.39 is 0 Å². The van der Waals surface area contributed by atoms with Gasteiger partial charge in [-0.3, -0.25) is 0 Å². The zero-order valence-electron chi connectivity index (χ0n) is 4.64. The molecule has 0 amide bonds. The molecule has 0 unspecified atom stereocenters. The molecule has 0 rings (SSSR count). The molecular formula is C5H8CoO2. The van der Waals surface area contributed by atoms with Crippen LogP contribution in [0.15, 0.2) is 0 Å². The van der Waals surface area contributed by atoms with Gasteiger partial charge in [-0.1, -0.05) is 0 Å². The third kappa shape index (κ3) is 9.28. The third-order valence-corrected chi connectivity index (χ3v) is 0.614. The van der Waals surface area contributed by atoms with Gasteiger partial charge in [-0.05, 0) is 6.92 Å². The second-order valence-corrected chi connectivity index (χ2v) is 1.41. The number of Topliss-reactive ketones (excluding diaryl/α,β-unsaturated/α-hetero) is 1. The van der Waals surface area contributed by atoms with Gasteiger partial charge in [0.25, 0.3) is 0 Å². The predicted octanol–water partition coefficient (Wildman–Crippen LogP) is 0.552. The van der Waals surface area contributed by atoms with E-state index in [9.17, 15) is 9.59 Å². The van der Waals surface area contributed by atoms with Crippen molar-refractivity contribution in [3.63, 3.8) is 0 Å². The van der Waals surface area contributed by atoms with E-state index in [1.165, 1.54) is 6.92 Å². The van der Waals surface area contributed by atoms with Gasteiger partial charge in [-0.25, -0.2) is 0 Å². The largest absolute Gasteiger partial charge is 0.303 e. The number of aldehydes is 1. The average Bonchev–Trinajstić information content (AvgIpc) is 1.61. The standard InChI is InChI=1S/C5H8O2.Co/c1-5(7)3-2-4-6;/h4H,2-3H2,1H3;. The second kappa shape index (κ2) is 6.85. The van der Waals surface area contributed by atoms with Crippen LogP contribution in [0.1, 0.15) is 19.8 Å². The summed E-state index contributed by atoms with van der Waals surface area (Å²) in [5, 5.41) is 0. The van der Waals surface area contributed by atoms with E-state index in [4.69, 9.17) is 0 Å². The molecule has 3 heteroatoms. The van der Waals surface area contributed by atoms with Crippen LogP contribution in [0.3, 0.4) is 0 Å². The van der Waals surface area contributed by atoms with Gasteiger partial charge < -0.3 is 9.59 Å². The zero-order valence-corrected chi connectivity index (χ0v) is 5.68. The van der Waals surface area contributed by atoms with Crippen molar-refractivity contribution < 1.29 is 26.4 Å². The molecule has 8 heavy (non-hydrogen) atoms. The van der Waals surface area contributed by atoms with E-state index >= 15 is 0 Å². The van der Waals surface area contributed by atoms with Crippen LogP contribution in [0.25, 0.3) is 0 Å². The first-order valence-corrected chi connectivity index (χ1v) is 2.20. The molecule has 0 aromatic heterocycles. The number of carbonyl (C=O) groups excluding carboxylic acids is 2. The Hall–Kier alpha value is -0.154. The fraction of sp³-hybridized carbons (Fsp3) is 0.600. The fourth-order valence-corrected chi connectivity index (χ4v) is 0.262. The Bertz CT molecular complexity index is 80.5. The van der Waals surface area contributed by atoms with Crippen molar-refractivity contribution in [3.8, 4) is 0 Å². The van der Waals surface area contributed by atoms with E-state index in [2.05, 4.69) is 0 Å². The topological polar surface area (TPSA) is 34.1 Å². The maximum Gasteiger partial charge on any atom is 0.130 e. The van der Waals surface area contributed by atoms with E-state index in [0.29, 0.717) is 12.8 Å². The maximum absolute atomic E-state index is 10.0. The Morgan fingerprint density at radius 1 is 1.62 bits per heavy atom. The third-order valence-electron chi connectivity index (χ3n) is 0.614. The smallest absolute Gasteiger partial charge is 0.130 e. The summed E-state index contributed by atoms with van der Waals surface area (Å²) in [6.07, 6.45) is 1.51. The van der Waals surface area contributed by atoms with Crippen LogP contribution in [-0.4, -0.2) is 12.1 Å². The first kappa shape index (κ1) is 10.8. The molecule has 0 heterocycles. The second-order valence-electron chi connectivity index (χ2n) is 1.41. The van der Waals surface area contributed by atoms with Gasteiger partial charge >= 0.3 is 0 Å². The van der Waals surface area contributed by atoms with E-state index in [1.807, 2.05) is 0 Å². The molecule has 0 aliphatic heterocycles. The molecule has 0 spiro atoms. The van der Waals surface area contributed by atoms with Crippen molar-refractivity contribution in [3.05, 3.63) is 0 Å². The summed E-state index contributed by atoms with van der Waals surface area (Å²) < 4.78 is 0. The SMILES string of the molecule is CC(=O)CCC=O.[Co]. The Morgan fingerprint density at radius 3 is 2.25 bits per heavy atom. The zero-order chi connectivity index (χ0) is 5.70. The minimum atomic E-state index is 0. The van der Waals surface area contributed by atoms with Crippen molar-refractivity contribution in [2.24, 2.45) is 0 Å². The molecule has 0 saturated heterocycles. The number of hydrogen-bond acceptors (Lipinski definition) is 2. The summed E-state index contributed by atoms with van der Waals surface area (Å²) in [5.74, 6) is 0.0760. The molecule has 2 nitrogen and oxygen atoms in total. The summed E-state index contributed by atoms with van der Waals surface area (Å²) in [6.45, 7) is 1.48. The number of ketones is 1. The molecular weight excluding hydrogens is 151 g/mol. The van der Waals surface area contributed by atoms with Gasteiger partial charge in [-0.15, -0.1) is 0 Å². The Kier molecular flexibility index (Phi) is 9.21. The fourth-order valence-electron chi connectivity index (χ4n) is 0.262. The van der Waals surface area contributed by atoms with Crippen molar-refractivity contribution in [2.45, 2.75) is 19.8 Å². The number of rotatable bonds is 3. The summed E-state index contributed by atoms with van der Waals surface area (Å²) in [7, 11) is 0. The maximum atomic E-state index is 10.0. The normalized spacial score (nSPS) is 7.12. The summed E-state index contributed by atoms with van der Waals surface area (Å²) in [5.41, 5.74) is 0. The van der Waals surface area contributed by atoms with Gasteiger partial charge in [0.15, 0.2) is 0 Å². The molecule has 0 aromatic rings. The molecule has 0 saturated carbocycles. The van der Waals surface area contributed by atoms with E-state index in [0.717, 1.165) is 6.29 Å². The van der Waals surface area contributed by atoms with Gasteiger partial charge in [0.05, 0.1) is 0 Å². The first-order valence-electron chi connectivity index (χ1n) is 2.20. The molecule has 0 atom stereocenters. The van der Waals surface area contributed by atoms with Gasteiger partial charge in [0, 0.05) is 29.6 Å². The van der Waals surface area contributed by atoms with Crippen molar-refractivity contribution in [2.75, 3.05) is 0 Å². The Morgan fingerprint density at radius 2 is 2.12 bits per heavy atom. The van der Waals surface area contributed by atoms with Crippen molar-refractivity contribution >= 4 is 12.1 Å². The molecule has 0 aromatic carbocycles. The van der Waals surface area contributed by atoms with Crippen molar-refractivity contribution in [1.82, 2.24) is 0 Å². The monoisotopic (exact) mass is 159 g/mol. The van der Waals surface area contributed by atoms with Crippen LogP contribution in [-0.2, 0) is 26.4 Å². The quantitative estimate of drug-likeness (QED) is 0.563. The summed E-state index contributed by atoms with van der Waals surface area (Å²) in [4.78, 5) is 19.6. The number of carbonyl (C=O) groups is 2.